The van der Waals surface area contributed by atoms with Gasteiger partial charge in [-0.3, -0.25) is 25.7 Å². The van der Waals surface area contributed by atoms with Gasteiger partial charge in [-0.15, -0.1) is 0 Å². The summed E-state index contributed by atoms with van der Waals surface area (Å²) in [5.74, 6) is 0. The van der Waals surface area contributed by atoms with Crippen LogP contribution in [0.1, 0.15) is 26.3 Å². The fourth-order valence-corrected chi connectivity index (χ4v) is 3.24. The van der Waals surface area contributed by atoms with Crippen molar-refractivity contribution in [3.8, 4) is 0 Å². The van der Waals surface area contributed by atoms with Crippen LogP contribution in [0.4, 0.5) is 0 Å². The van der Waals surface area contributed by atoms with Crippen molar-refractivity contribution in [2.75, 3.05) is 32.8 Å². The standard InChI is InChI=1S/C20H31N7OS2.Cu/c1-4-21-19(29)25-23-15(3)18(24-26-20(30)22-5-2)17-14-27(11-12-28-17)13-16-9-7-6-8-10-16;/h6-10,17H,4-5,11-14H2,1-3H3,(H2,21,25,29)(H2,22,26,30);/q;+2/p-2/b23-15+,24-18-;. The van der Waals surface area contributed by atoms with Crippen LogP contribution in [0.25, 0.3) is 0 Å². The van der Waals surface area contributed by atoms with Crippen LogP contribution in [0.2, 0.25) is 0 Å². The normalized spacial score (nSPS) is 19.0. The van der Waals surface area contributed by atoms with E-state index >= 15 is 0 Å². The van der Waals surface area contributed by atoms with Crippen LogP contribution in [-0.4, -0.2) is 65.5 Å². The Hall–Kier alpha value is -1.62. The molecule has 1 aromatic carbocycles. The Balaban J connectivity index is 0.00000480. The predicted molar refractivity (Wildman–Crippen MR) is 129 cm³/mol. The fourth-order valence-electron chi connectivity index (χ4n) is 2.89. The number of nitrogens with one attached hydrogen (secondary N) is 2. The first-order chi connectivity index (χ1) is 14.5. The van der Waals surface area contributed by atoms with Crippen molar-refractivity contribution in [3.63, 3.8) is 0 Å². The average molecular weight is 511 g/mol. The Morgan fingerprint density at radius 3 is 2.29 bits per heavy atom. The molecule has 1 unspecified atom stereocenters. The second kappa shape index (κ2) is 15.2. The average Bonchev–Trinajstić information content (AvgIpc) is 2.74. The molecule has 8 nitrogen and oxygen atoms in total. The molecule has 1 saturated heterocycles. The summed E-state index contributed by atoms with van der Waals surface area (Å²) in [5, 5.41) is 9.46. The van der Waals surface area contributed by atoms with Gasteiger partial charge in [-0.2, -0.15) is 10.2 Å². The molecule has 1 heterocycles. The second-order valence-corrected chi connectivity index (χ2v) is 7.33. The third-order valence-corrected chi connectivity index (χ3v) is 4.71. The summed E-state index contributed by atoms with van der Waals surface area (Å²) in [5.41, 5.74) is 8.16. The van der Waals surface area contributed by atoms with Gasteiger partial charge in [0.1, 0.15) is 11.8 Å². The third-order valence-electron chi connectivity index (χ3n) is 4.27. The summed E-state index contributed by atoms with van der Waals surface area (Å²) >= 11 is 10.3. The molecule has 1 fully saturated rings. The summed E-state index contributed by atoms with van der Waals surface area (Å²) in [7, 11) is 0. The molecule has 1 aromatic rings. The minimum absolute atomic E-state index is 0. The summed E-state index contributed by atoms with van der Waals surface area (Å²) in [6.45, 7) is 9.84. The second-order valence-electron chi connectivity index (χ2n) is 6.56. The SMILES string of the molecule is CCN=C([S-])N/N=C(/C(C)=N/NC([S-])=NCC)C1CN(Cc2ccccc2)CCO1.[Cu+2]. The maximum Gasteiger partial charge on any atom is 2.00 e. The number of morpholine rings is 1. The van der Waals surface area contributed by atoms with E-state index in [1.807, 2.05) is 26.8 Å². The number of hydrazone groups is 2. The first-order valence-electron chi connectivity index (χ1n) is 9.98. The number of amidine groups is 2. The molecule has 173 valence electrons. The minimum Gasteiger partial charge on any atom is -0.741 e. The summed E-state index contributed by atoms with van der Waals surface area (Å²) in [4.78, 5) is 10.6. The van der Waals surface area contributed by atoms with Gasteiger partial charge in [0.2, 0.25) is 0 Å². The van der Waals surface area contributed by atoms with Crippen LogP contribution in [0.3, 0.4) is 0 Å². The van der Waals surface area contributed by atoms with E-state index in [-0.39, 0.29) is 23.2 Å². The largest absolute Gasteiger partial charge is 2.00 e. The van der Waals surface area contributed by atoms with Crippen molar-refractivity contribution in [1.82, 2.24) is 15.8 Å². The number of benzene rings is 1. The Morgan fingerprint density at radius 2 is 1.68 bits per heavy atom. The summed E-state index contributed by atoms with van der Waals surface area (Å²) in [6.07, 6.45) is -0.262. The molecule has 31 heavy (non-hydrogen) atoms. The molecule has 11 heteroatoms. The molecule has 1 atom stereocenters. The van der Waals surface area contributed by atoms with Crippen molar-refractivity contribution in [2.24, 2.45) is 20.2 Å². The molecule has 0 amide bonds. The molecule has 0 aromatic heterocycles. The molecule has 1 aliphatic heterocycles. The quantitative estimate of drug-likeness (QED) is 0.182. The van der Waals surface area contributed by atoms with E-state index in [9.17, 15) is 0 Å². The summed E-state index contributed by atoms with van der Waals surface area (Å²) < 4.78 is 6.02. The number of rotatable bonds is 8. The van der Waals surface area contributed by atoms with Crippen molar-refractivity contribution < 1.29 is 21.8 Å². The number of nitrogens with zero attached hydrogens (tertiary/aromatic N) is 5. The van der Waals surface area contributed by atoms with Crippen molar-refractivity contribution in [2.45, 2.75) is 33.4 Å². The van der Waals surface area contributed by atoms with Gasteiger partial charge in [0.05, 0.1) is 12.3 Å². The Labute approximate surface area is 206 Å². The van der Waals surface area contributed by atoms with Gasteiger partial charge in [0, 0.05) is 32.7 Å². The van der Waals surface area contributed by atoms with Crippen LogP contribution >= 0.6 is 0 Å². The van der Waals surface area contributed by atoms with Gasteiger partial charge in [0.15, 0.2) is 0 Å². The summed E-state index contributed by atoms with van der Waals surface area (Å²) in [6, 6.07) is 10.4. The number of aliphatic imine (C=N–C) groups is 2. The van der Waals surface area contributed by atoms with Crippen molar-refractivity contribution >= 4 is 47.0 Å². The van der Waals surface area contributed by atoms with Gasteiger partial charge in [0.25, 0.3) is 0 Å². The van der Waals surface area contributed by atoms with Gasteiger partial charge in [-0.25, -0.2) is 0 Å². The number of ether oxygens (including phenoxy) is 1. The van der Waals surface area contributed by atoms with E-state index in [2.05, 4.69) is 60.2 Å². The predicted octanol–water partition coefficient (Wildman–Crippen LogP) is 1.64. The maximum atomic E-state index is 6.02. The molecular weight excluding hydrogens is 482 g/mol. The topological polar surface area (TPSA) is 86.0 Å². The van der Waals surface area contributed by atoms with Crippen LogP contribution in [0.5, 0.6) is 0 Å². The van der Waals surface area contributed by atoms with E-state index < -0.39 is 0 Å². The van der Waals surface area contributed by atoms with E-state index in [1.165, 1.54) is 5.56 Å². The van der Waals surface area contributed by atoms with E-state index in [0.717, 1.165) is 13.1 Å². The van der Waals surface area contributed by atoms with Crippen molar-refractivity contribution in [3.05, 3.63) is 35.9 Å². The molecule has 0 aliphatic carbocycles. The zero-order chi connectivity index (χ0) is 21.8. The smallest absolute Gasteiger partial charge is 0.741 e. The zero-order valence-electron chi connectivity index (χ0n) is 18.0. The van der Waals surface area contributed by atoms with E-state index in [1.54, 1.807) is 0 Å². The molecule has 0 bridgehead atoms. The molecule has 2 N–H and O–H groups in total. The Morgan fingerprint density at radius 1 is 1.06 bits per heavy atom. The van der Waals surface area contributed by atoms with Gasteiger partial charge in [-0.1, -0.05) is 30.3 Å². The van der Waals surface area contributed by atoms with Gasteiger partial charge >= 0.3 is 17.1 Å². The maximum absolute atomic E-state index is 6.02. The minimum atomic E-state index is -0.262. The van der Waals surface area contributed by atoms with Gasteiger partial charge < -0.3 is 30.0 Å². The van der Waals surface area contributed by atoms with E-state index in [4.69, 9.17) is 30.0 Å². The van der Waals surface area contributed by atoms with Crippen molar-refractivity contribution in [1.29, 1.82) is 0 Å². The number of hydrogen-bond donors (Lipinski definition) is 2. The third kappa shape index (κ3) is 10.0. The molecule has 1 radical (unpaired) electrons. The fraction of sp³-hybridized carbons (Fsp3) is 0.500. The monoisotopic (exact) mass is 510 g/mol. The Kier molecular flexibility index (Phi) is 13.5. The molecule has 0 saturated carbocycles. The number of hydrogen-bond acceptors (Lipinski definition) is 8. The first-order valence-corrected chi connectivity index (χ1v) is 10.8. The van der Waals surface area contributed by atoms with E-state index in [0.29, 0.717) is 48.0 Å². The molecular formula is C20H29CuN7OS2. The van der Waals surface area contributed by atoms with Crippen LogP contribution in [0, 0.1) is 0 Å². The zero-order valence-corrected chi connectivity index (χ0v) is 20.5. The van der Waals surface area contributed by atoms with Crippen LogP contribution < -0.4 is 10.9 Å². The molecule has 0 spiro atoms. The van der Waals surface area contributed by atoms with Gasteiger partial charge in [-0.05, 0) is 36.7 Å². The first kappa shape index (κ1) is 27.4. The Bertz CT molecular complexity index is 787. The molecule has 2 rings (SSSR count). The molecule has 1 aliphatic rings. The van der Waals surface area contributed by atoms with Crippen LogP contribution in [0.15, 0.2) is 50.5 Å². The van der Waals surface area contributed by atoms with Crippen LogP contribution in [-0.2, 0) is 53.6 Å².